The number of thiazole rings is 1. The Morgan fingerprint density at radius 3 is 3.06 bits per heavy atom. The van der Waals surface area contributed by atoms with Crippen LogP contribution in [-0.4, -0.2) is 23.6 Å². The van der Waals surface area contributed by atoms with E-state index in [4.69, 9.17) is 0 Å². The van der Waals surface area contributed by atoms with Gasteiger partial charge in [0.15, 0.2) is 5.13 Å². The molecule has 0 aliphatic carbocycles. The minimum absolute atomic E-state index is 0.536. The van der Waals surface area contributed by atoms with Crippen molar-refractivity contribution in [3.05, 3.63) is 11.1 Å². The third-order valence-corrected chi connectivity index (χ3v) is 4.60. The highest BCUT2D eigenvalue weighted by Gasteiger charge is 2.23. The van der Waals surface area contributed by atoms with Crippen LogP contribution < -0.4 is 10.2 Å². The summed E-state index contributed by atoms with van der Waals surface area (Å²) < 4.78 is 0. The Balaban J connectivity index is 1.99. The molecule has 1 aliphatic heterocycles. The first-order valence-electron chi connectivity index (χ1n) is 7.15. The first-order valence-corrected chi connectivity index (χ1v) is 7.97. The van der Waals surface area contributed by atoms with E-state index in [1.54, 1.807) is 0 Å². The molecule has 102 valence electrons. The highest BCUT2D eigenvalue weighted by Crippen LogP contribution is 2.30. The van der Waals surface area contributed by atoms with Crippen LogP contribution in [0.2, 0.25) is 0 Å². The van der Waals surface area contributed by atoms with Crippen molar-refractivity contribution in [2.45, 2.75) is 65.1 Å². The maximum absolute atomic E-state index is 4.62. The zero-order valence-corrected chi connectivity index (χ0v) is 12.6. The smallest absolute Gasteiger partial charge is 0.185 e. The van der Waals surface area contributed by atoms with Gasteiger partial charge in [-0.3, -0.25) is 0 Å². The van der Waals surface area contributed by atoms with Gasteiger partial charge >= 0.3 is 0 Å². The molecule has 1 N–H and O–H groups in total. The predicted molar refractivity (Wildman–Crippen MR) is 79.4 cm³/mol. The lowest BCUT2D eigenvalue weighted by atomic mass is 10.0. The van der Waals surface area contributed by atoms with Crippen LogP contribution >= 0.6 is 11.3 Å². The Bertz CT molecular complexity index is 362. The molecule has 0 radical (unpaired) electrons. The SMILES string of the molecule is CCC1CCCCN1c1ncc(CNC(C)C)s1. The van der Waals surface area contributed by atoms with Crippen molar-refractivity contribution in [2.24, 2.45) is 0 Å². The van der Waals surface area contributed by atoms with Gasteiger partial charge in [0.25, 0.3) is 0 Å². The van der Waals surface area contributed by atoms with Crippen molar-refractivity contribution in [1.82, 2.24) is 10.3 Å². The number of anilines is 1. The van der Waals surface area contributed by atoms with Crippen LogP contribution in [0.1, 0.15) is 51.3 Å². The molecule has 0 aromatic carbocycles. The Morgan fingerprint density at radius 1 is 1.50 bits per heavy atom. The number of nitrogens with one attached hydrogen (secondary N) is 1. The maximum Gasteiger partial charge on any atom is 0.185 e. The zero-order chi connectivity index (χ0) is 13.0. The maximum atomic E-state index is 4.62. The molecule has 1 aromatic rings. The summed E-state index contributed by atoms with van der Waals surface area (Å²) in [6.07, 6.45) is 7.29. The average molecular weight is 267 g/mol. The van der Waals surface area contributed by atoms with E-state index >= 15 is 0 Å². The third-order valence-electron chi connectivity index (χ3n) is 3.57. The molecule has 1 aliphatic rings. The molecule has 1 aromatic heterocycles. The summed E-state index contributed by atoms with van der Waals surface area (Å²) in [7, 11) is 0. The van der Waals surface area contributed by atoms with E-state index in [-0.39, 0.29) is 0 Å². The number of aromatic nitrogens is 1. The average Bonchev–Trinajstić information content (AvgIpc) is 2.85. The van der Waals surface area contributed by atoms with Gasteiger partial charge in [-0.25, -0.2) is 4.98 Å². The van der Waals surface area contributed by atoms with Crippen LogP contribution in [0, 0.1) is 0 Å². The number of nitrogens with zero attached hydrogens (tertiary/aromatic N) is 2. The highest BCUT2D eigenvalue weighted by molar-refractivity contribution is 7.15. The molecule has 1 unspecified atom stereocenters. The van der Waals surface area contributed by atoms with E-state index in [0.29, 0.717) is 12.1 Å². The molecular formula is C14H25N3S. The highest BCUT2D eigenvalue weighted by atomic mass is 32.1. The van der Waals surface area contributed by atoms with E-state index in [1.165, 1.54) is 42.2 Å². The van der Waals surface area contributed by atoms with Gasteiger partial charge in [-0.15, -0.1) is 11.3 Å². The topological polar surface area (TPSA) is 28.2 Å². The van der Waals surface area contributed by atoms with Crippen molar-refractivity contribution >= 4 is 16.5 Å². The Morgan fingerprint density at radius 2 is 2.33 bits per heavy atom. The van der Waals surface area contributed by atoms with Crippen LogP contribution in [-0.2, 0) is 6.54 Å². The first kappa shape index (κ1) is 13.8. The van der Waals surface area contributed by atoms with Crippen molar-refractivity contribution in [2.75, 3.05) is 11.4 Å². The normalized spacial score (nSPS) is 20.7. The summed E-state index contributed by atoms with van der Waals surface area (Å²) in [5.74, 6) is 0. The predicted octanol–water partition coefficient (Wildman–Crippen LogP) is 3.41. The molecule has 3 nitrogen and oxygen atoms in total. The molecule has 0 amide bonds. The fraction of sp³-hybridized carbons (Fsp3) is 0.786. The molecule has 18 heavy (non-hydrogen) atoms. The third kappa shape index (κ3) is 3.45. The quantitative estimate of drug-likeness (QED) is 0.886. The lowest BCUT2D eigenvalue weighted by molar-refractivity contribution is 0.449. The molecule has 4 heteroatoms. The number of hydrogen-bond acceptors (Lipinski definition) is 4. The second kappa shape index (κ2) is 6.53. The van der Waals surface area contributed by atoms with E-state index in [2.05, 4.69) is 36.0 Å². The van der Waals surface area contributed by atoms with Crippen LogP contribution in [0.4, 0.5) is 5.13 Å². The molecule has 2 heterocycles. The van der Waals surface area contributed by atoms with Crippen molar-refractivity contribution in [3.63, 3.8) is 0 Å². The van der Waals surface area contributed by atoms with E-state index in [0.717, 1.165) is 6.54 Å². The Labute approximate surface area is 115 Å². The van der Waals surface area contributed by atoms with Crippen molar-refractivity contribution in [3.8, 4) is 0 Å². The number of rotatable bonds is 5. The van der Waals surface area contributed by atoms with Gasteiger partial charge in [0.05, 0.1) is 0 Å². The standard InChI is InChI=1S/C14H25N3S/c1-4-12-7-5-6-8-17(12)14-16-10-13(18-14)9-15-11(2)3/h10-12,15H,4-9H2,1-3H3. The van der Waals surface area contributed by atoms with Gasteiger partial charge in [-0.2, -0.15) is 0 Å². The second-order valence-corrected chi connectivity index (χ2v) is 6.49. The van der Waals surface area contributed by atoms with Gasteiger partial charge in [0, 0.05) is 36.2 Å². The fourth-order valence-electron chi connectivity index (χ4n) is 2.49. The van der Waals surface area contributed by atoms with E-state index < -0.39 is 0 Å². The van der Waals surface area contributed by atoms with E-state index in [1.807, 2.05) is 17.5 Å². The Kier molecular flexibility index (Phi) is 5.01. The lowest BCUT2D eigenvalue weighted by Gasteiger charge is -2.34. The summed E-state index contributed by atoms with van der Waals surface area (Å²) in [4.78, 5) is 8.49. The fourth-order valence-corrected chi connectivity index (χ4v) is 3.45. The Hall–Kier alpha value is -0.610. The second-order valence-electron chi connectivity index (χ2n) is 5.40. The number of hydrogen-bond donors (Lipinski definition) is 1. The van der Waals surface area contributed by atoms with E-state index in [9.17, 15) is 0 Å². The molecule has 1 atom stereocenters. The van der Waals surface area contributed by atoms with Crippen LogP contribution in [0.3, 0.4) is 0 Å². The lowest BCUT2D eigenvalue weighted by Crippen LogP contribution is -2.38. The minimum atomic E-state index is 0.536. The summed E-state index contributed by atoms with van der Waals surface area (Å²) in [5.41, 5.74) is 0. The molecular weight excluding hydrogens is 242 g/mol. The zero-order valence-electron chi connectivity index (χ0n) is 11.8. The monoisotopic (exact) mass is 267 g/mol. The van der Waals surface area contributed by atoms with Gasteiger partial charge in [-0.1, -0.05) is 20.8 Å². The van der Waals surface area contributed by atoms with Crippen molar-refractivity contribution < 1.29 is 0 Å². The summed E-state index contributed by atoms with van der Waals surface area (Å²) >= 11 is 1.85. The molecule has 2 rings (SSSR count). The first-order chi connectivity index (χ1) is 8.70. The summed E-state index contributed by atoms with van der Waals surface area (Å²) in [6.45, 7) is 8.78. The summed E-state index contributed by atoms with van der Waals surface area (Å²) in [5, 5.41) is 4.68. The number of piperidine rings is 1. The molecule has 1 saturated heterocycles. The molecule has 0 bridgehead atoms. The minimum Gasteiger partial charge on any atom is -0.345 e. The van der Waals surface area contributed by atoms with Crippen LogP contribution in [0.5, 0.6) is 0 Å². The van der Waals surface area contributed by atoms with Crippen molar-refractivity contribution in [1.29, 1.82) is 0 Å². The molecule has 0 saturated carbocycles. The van der Waals surface area contributed by atoms with Gasteiger partial charge in [0.2, 0.25) is 0 Å². The van der Waals surface area contributed by atoms with Crippen LogP contribution in [0.15, 0.2) is 6.20 Å². The molecule has 0 spiro atoms. The largest absolute Gasteiger partial charge is 0.345 e. The van der Waals surface area contributed by atoms with Gasteiger partial charge in [-0.05, 0) is 25.7 Å². The summed E-state index contributed by atoms with van der Waals surface area (Å²) in [6, 6.07) is 1.24. The van der Waals surface area contributed by atoms with Gasteiger partial charge in [0.1, 0.15) is 0 Å². The van der Waals surface area contributed by atoms with Crippen LogP contribution in [0.25, 0.3) is 0 Å². The van der Waals surface area contributed by atoms with Gasteiger partial charge < -0.3 is 10.2 Å². The molecule has 1 fully saturated rings.